The number of rotatable bonds is 18. The Morgan fingerprint density at radius 3 is 1.49 bits per heavy atom. The van der Waals surface area contributed by atoms with Gasteiger partial charge in [-0.15, -0.1) is 45.3 Å². The summed E-state index contributed by atoms with van der Waals surface area (Å²) in [5, 5.41) is 4.75. The van der Waals surface area contributed by atoms with E-state index in [9.17, 15) is 9.59 Å². The van der Waals surface area contributed by atoms with Gasteiger partial charge in [-0.05, 0) is 98.5 Å². The Hall–Kier alpha value is -5.78. The van der Waals surface area contributed by atoms with Crippen LogP contribution in [0.4, 0.5) is 0 Å². The van der Waals surface area contributed by atoms with Crippen molar-refractivity contribution in [3.05, 3.63) is 133 Å². The summed E-state index contributed by atoms with van der Waals surface area (Å²) in [5.74, 6) is -0.723. The predicted molar refractivity (Wildman–Crippen MR) is 279 cm³/mol. The zero-order valence-electron chi connectivity index (χ0n) is 36.7. The van der Waals surface area contributed by atoms with Gasteiger partial charge in [0.05, 0.1) is 17.6 Å². The normalized spacial score (nSPS) is 11.8. The van der Waals surface area contributed by atoms with E-state index in [4.69, 9.17) is 9.57 Å². The van der Waals surface area contributed by atoms with Crippen molar-refractivity contribution in [2.45, 2.75) is 78.2 Å². The molecule has 0 aliphatic heterocycles. The van der Waals surface area contributed by atoms with Crippen LogP contribution in [0.2, 0.25) is 0 Å². The van der Waals surface area contributed by atoms with Crippen LogP contribution in [0.3, 0.4) is 0 Å². The largest absolute Gasteiger partial charge is 0.462 e. The second kappa shape index (κ2) is 18.6. The summed E-state index contributed by atoms with van der Waals surface area (Å²) in [6, 6.07) is 39.8. The minimum atomic E-state index is -0.443. The lowest BCUT2D eigenvalue weighted by Gasteiger charge is -2.08. The number of carbonyl (C=O) groups excluding carboxylic acids is 2. The highest BCUT2D eigenvalue weighted by atomic mass is 32.1. The van der Waals surface area contributed by atoms with E-state index < -0.39 is 5.97 Å². The molecule has 0 aliphatic rings. The molecule has 0 fully saturated rings. The molecule has 65 heavy (non-hydrogen) atoms. The molecule has 0 radical (unpaired) electrons. The van der Waals surface area contributed by atoms with Crippen LogP contribution in [0.1, 0.15) is 71.6 Å². The number of esters is 1. The third kappa shape index (κ3) is 8.73. The molecule has 6 aromatic heterocycles. The van der Waals surface area contributed by atoms with E-state index in [1.807, 2.05) is 69.6 Å². The van der Waals surface area contributed by atoms with Crippen LogP contribution in [0.25, 0.3) is 93.0 Å². The van der Waals surface area contributed by atoms with Gasteiger partial charge < -0.3 is 14.1 Å². The molecule has 4 aromatic carbocycles. The molecule has 0 N–H and O–H groups in total. The number of fused-ring (bicyclic) bond motifs is 8. The number of thiophene rings is 4. The summed E-state index contributed by atoms with van der Waals surface area (Å²) >= 11 is 7.47. The number of hydrogen-bond acceptors (Lipinski definition) is 8. The molecule has 0 amide bonds. The number of hydrogen-bond donors (Lipinski definition) is 0. The molecular weight excluding hydrogens is 881 g/mol. The molecule has 328 valence electrons. The van der Waals surface area contributed by atoms with Crippen LogP contribution in [-0.4, -0.2) is 27.8 Å². The first-order valence-electron chi connectivity index (χ1n) is 22.5. The van der Waals surface area contributed by atoms with Gasteiger partial charge in [0, 0.05) is 88.6 Å². The highest BCUT2D eigenvalue weighted by Gasteiger charge is 2.19. The van der Waals surface area contributed by atoms with Crippen LogP contribution in [0, 0.1) is 0 Å². The number of aromatic nitrogens is 2. The van der Waals surface area contributed by atoms with Gasteiger partial charge in [-0.25, -0.2) is 9.59 Å². The fourth-order valence-corrected chi connectivity index (χ4v) is 13.8. The summed E-state index contributed by atoms with van der Waals surface area (Å²) in [7, 11) is 0. The van der Waals surface area contributed by atoms with E-state index in [1.54, 1.807) is 18.6 Å². The molecule has 0 aliphatic carbocycles. The summed E-state index contributed by atoms with van der Waals surface area (Å²) in [4.78, 5) is 35.0. The predicted octanol–water partition coefficient (Wildman–Crippen LogP) is 16.6. The highest BCUT2D eigenvalue weighted by Crippen LogP contribution is 2.48. The summed E-state index contributed by atoms with van der Waals surface area (Å²) in [6.45, 7) is 12.3. The van der Waals surface area contributed by atoms with Crippen LogP contribution in [-0.2, 0) is 20.9 Å². The first kappa shape index (κ1) is 43.1. The van der Waals surface area contributed by atoms with Crippen LogP contribution in [0.15, 0.2) is 133 Å². The Balaban J connectivity index is 0.792. The fraction of sp³-hybridized carbons (Fsp3) is 0.236. The quantitative estimate of drug-likeness (QED) is 0.0489. The van der Waals surface area contributed by atoms with Gasteiger partial charge in [-0.1, -0.05) is 107 Å². The van der Waals surface area contributed by atoms with Gasteiger partial charge in [0.25, 0.3) is 0 Å². The minimum absolute atomic E-state index is 0.280. The zero-order valence-corrected chi connectivity index (χ0v) is 40.0. The molecule has 0 atom stereocenters. The van der Waals surface area contributed by atoms with E-state index in [-0.39, 0.29) is 5.97 Å². The molecule has 0 spiro atoms. The van der Waals surface area contributed by atoms with Crippen molar-refractivity contribution in [1.82, 2.24) is 9.30 Å². The topological polar surface area (TPSA) is 62.5 Å². The third-order valence-corrected chi connectivity index (χ3v) is 17.1. The maximum Gasteiger partial charge on any atom is 0.358 e. The van der Waals surface area contributed by atoms with E-state index >= 15 is 0 Å². The van der Waals surface area contributed by atoms with Crippen molar-refractivity contribution in [1.29, 1.82) is 0 Å². The Morgan fingerprint density at radius 1 is 0.477 bits per heavy atom. The summed E-state index contributed by atoms with van der Waals surface area (Å²) in [5.41, 5.74) is 7.60. The standard InChI is InChI=1S/C55H50N2O4S4/c1-34(2)54(58)60-27-17-11-9-7-5-6-8-10-16-26-56-42-20-14-12-18-38(42)40-28-36(22-24-43(40)56)46-30-48-50(62-46)32-52(64-48)53-33-51-49(65-53)31-47(63-51)37-23-25-45-41(29-37)39-19-13-15-21-44(39)57(45)61-55(59)35(3)4/h12-15,18-25,28-33H,1,3,5-11,16-17,26-27H2,2,4H3. The third-order valence-electron chi connectivity index (χ3n) is 12.3. The van der Waals surface area contributed by atoms with Crippen molar-refractivity contribution >= 4 is 120 Å². The lowest BCUT2D eigenvalue weighted by Crippen LogP contribution is -2.19. The van der Waals surface area contributed by atoms with Crippen molar-refractivity contribution in [2.24, 2.45) is 0 Å². The zero-order chi connectivity index (χ0) is 44.6. The number of carbonyl (C=O) groups is 2. The number of unbranched alkanes of at least 4 members (excludes halogenated alkanes) is 8. The average molecular weight is 931 g/mol. The van der Waals surface area contributed by atoms with Gasteiger partial charge in [-0.2, -0.15) is 4.73 Å². The monoisotopic (exact) mass is 930 g/mol. The molecule has 0 saturated carbocycles. The van der Waals surface area contributed by atoms with E-state index in [0.717, 1.165) is 46.8 Å². The van der Waals surface area contributed by atoms with Gasteiger partial charge >= 0.3 is 11.9 Å². The summed E-state index contributed by atoms with van der Waals surface area (Å²) < 4.78 is 14.6. The number of para-hydroxylation sites is 2. The SMILES string of the molecule is C=C(C)C(=O)OCCCCCCCCCCCn1c2ccccc2c2cc(-c3cc4sc(-c5cc6sc(-c7ccc8c(c7)c7ccccc7n8OC(=O)C(=C)C)cc6s5)cc4s3)ccc21. The molecule has 0 saturated heterocycles. The first-order chi connectivity index (χ1) is 31.7. The lowest BCUT2D eigenvalue weighted by atomic mass is 10.1. The van der Waals surface area contributed by atoms with E-state index in [0.29, 0.717) is 17.8 Å². The number of nitrogens with zero attached hydrogens (tertiary/aromatic N) is 2. The van der Waals surface area contributed by atoms with Crippen LogP contribution >= 0.6 is 45.3 Å². The smallest absolute Gasteiger partial charge is 0.358 e. The number of aryl methyl sites for hydroxylation is 1. The van der Waals surface area contributed by atoms with Crippen LogP contribution < -0.4 is 4.84 Å². The van der Waals surface area contributed by atoms with Crippen molar-refractivity contribution in [3.8, 4) is 30.6 Å². The molecule has 10 rings (SSSR count). The van der Waals surface area contributed by atoms with Crippen molar-refractivity contribution < 1.29 is 19.2 Å². The first-order valence-corrected chi connectivity index (χ1v) is 25.8. The van der Waals surface area contributed by atoms with E-state index in [1.165, 1.54) is 111 Å². The average Bonchev–Trinajstić information content (AvgIpc) is 4.16. The minimum Gasteiger partial charge on any atom is -0.462 e. The Kier molecular flexibility index (Phi) is 12.3. The van der Waals surface area contributed by atoms with Gasteiger partial charge in [0.1, 0.15) is 0 Å². The Bertz CT molecular complexity index is 3380. The molecule has 0 unspecified atom stereocenters. The van der Waals surface area contributed by atoms with E-state index in [2.05, 4.69) is 103 Å². The van der Waals surface area contributed by atoms with Gasteiger partial charge in [-0.3, -0.25) is 0 Å². The molecule has 10 aromatic rings. The van der Waals surface area contributed by atoms with Gasteiger partial charge in [0.2, 0.25) is 0 Å². The second-order valence-corrected chi connectivity index (χ2v) is 21.4. The Labute approximate surface area is 394 Å². The van der Waals surface area contributed by atoms with Crippen LogP contribution in [0.5, 0.6) is 0 Å². The maximum absolute atomic E-state index is 12.5. The second-order valence-electron chi connectivity index (χ2n) is 17.1. The molecule has 6 nitrogen and oxygen atoms in total. The summed E-state index contributed by atoms with van der Waals surface area (Å²) in [6.07, 6.45) is 10.7. The molecule has 0 bridgehead atoms. The Morgan fingerprint density at radius 2 is 0.908 bits per heavy atom. The fourth-order valence-electron chi connectivity index (χ4n) is 8.89. The molecule has 10 heteroatoms. The van der Waals surface area contributed by atoms with Gasteiger partial charge in [0.15, 0.2) is 0 Å². The lowest BCUT2D eigenvalue weighted by molar-refractivity contribution is -0.139. The molecular formula is C55H50N2O4S4. The molecule has 6 heterocycles. The highest BCUT2D eigenvalue weighted by molar-refractivity contribution is 7.35. The number of ether oxygens (including phenoxy) is 1. The van der Waals surface area contributed by atoms with Crippen molar-refractivity contribution in [3.63, 3.8) is 0 Å². The van der Waals surface area contributed by atoms with Crippen molar-refractivity contribution in [2.75, 3.05) is 6.61 Å². The maximum atomic E-state index is 12.5. The number of benzene rings is 4.